The van der Waals surface area contributed by atoms with Gasteiger partial charge < -0.3 is 4.74 Å². The quantitative estimate of drug-likeness (QED) is 0.309. The van der Waals surface area contributed by atoms with Crippen LogP contribution in [0.3, 0.4) is 0 Å². The summed E-state index contributed by atoms with van der Waals surface area (Å²) in [5.74, 6) is 0. The molecule has 15 heavy (non-hydrogen) atoms. The van der Waals surface area contributed by atoms with Crippen LogP contribution in [-0.4, -0.2) is 19.3 Å². The van der Waals surface area contributed by atoms with E-state index in [1.165, 1.54) is 44.9 Å². The van der Waals surface area contributed by atoms with Gasteiger partial charge in [-0.15, -0.1) is 0 Å². The molecular formula is C11H21O3P. The van der Waals surface area contributed by atoms with Crippen molar-refractivity contribution in [3.8, 4) is 0 Å². The van der Waals surface area contributed by atoms with Gasteiger partial charge >= 0.3 is 8.69 Å². The SMILES string of the molecule is O=POCCCCCCCCCC1CO1. The summed E-state index contributed by atoms with van der Waals surface area (Å²) in [4.78, 5) is 0. The van der Waals surface area contributed by atoms with Crippen LogP contribution in [0.25, 0.3) is 0 Å². The highest BCUT2D eigenvalue weighted by Crippen LogP contribution is 2.18. The molecule has 0 radical (unpaired) electrons. The van der Waals surface area contributed by atoms with Gasteiger partial charge in [0, 0.05) is 0 Å². The van der Waals surface area contributed by atoms with E-state index in [0.29, 0.717) is 12.7 Å². The number of ether oxygens (including phenoxy) is 1. The molecule has 0 saturated carbocycles. The number of hydrogen-bond donors (Lipinski definition) is 0. The normalized spacial score (nSPS) is 19.6. The highest BCUT2D eigenvalue weighted by molar-refractivity contribution is 7.17. The van der Waals surface area contributed by atoms with Gasteiger partial charge in [-0.3, -0.25) is 4.52 Å². The molecule has 1 fully saturated rings. The number of hydrogen-bond acceptors (Lipinski definition) is 3. The smallest absolute Gasteiger partial charge is 0.327 e. The van der Waals surface area contributed by atoms with Gasteiger partial charge in [-0.2, -0.15) is 0 Å². The zero-order chi connectivity index (χ0) is 10.8. The van der Waals surface area contributed by atoms with E-state index in [1.807, 2.05) is 0 Å². The minimum absolute atomic E-state index is 0.183. The topological polar surface area (TPSA) is 38.8 Å². The van der Waals surface area contributed by atoms with Crippen LogP contribution in [-0.2, 0) is 13.8 Å². The second-order valence-corrected chi connectivity index (χ2v) is 4.53. The van der Waals surface area contributed by atoms with Gasteiger partial charge in [0.15, 0.2) is 0 Å². The van der Waals surface area contributed by atoms with Crippen molar-refractivity contribution in [3.05, 3.63) is 0 Å². The second kappa shape index (κ2) is 9.26. The first-order valence-electron chi connectivity index (χ1n) is 5.99. The Labute approximate surface area is 93.8 Å². The fourth-order valence-electron chi connectivity index (χ4n) is 1.69. The minimum Gasteiger partial charge on any atom is -0.373 e. The van der Waals surface area contributed by atoms with Gasteiger partial charge in [0.05, 0.1) is 19.3 Å². The average Bonchev–Trinajstić information content (AvgIpc) is 3.05. The van der Waals surface area contributed by atoms with Crippen LogP contribution in [0, 0.1) is 0 Å². The largest absolute Gasteiger partial charge is 0.373 e. The summed E-state index contributed by atoms with van der Waals surface area (Å²) in [5, 5.41) is 0. The molecule has 0 spiro atoms. The molecule has 0 bridgehead atoms. The zero-order valence-corrected chi connectivity index (χ0v) is 10.2. The van der Waals surface area contributed by atoms with Crippen molar-refractivity contribution >= 4 is 8.69 Å². The van der Waals surface area contributed by atoms with E-state index in [4.69, 9.17) is 9.26 Å². The molecular weight excluding hydrogens is 211 g/mol. The molecule has 1 heterocycles. The maximum absolute atomic E-state index is 9.94. The summed E-state index contributed by atoms with van der Waals surface area (Å²) < 4.78 is 19.8. The predicted octanol–water partition coefficient (Wildman–Crippen LogP) is 3.73. The number of unbranched alkanes of at least 4 members (excludes halogenated alkanes) is 6. The van der Waals surface area contributed by atoms with Crippen molar-refractivity contribution in [2.75, 3.05) is 13.2 Å². The molecule has 1 rings (SSSR count). The summed E-state index contributed by atoms with van der Waals surface area (Å²) in [7, 11) is -0.183. The summed E-state index contributed by atoms with van der Waals surface area (Å²) in [6, 6.07) is 0. The van der Waals surface area contributed by atoms with Crippen LogP contribution in [0.4, 0.5) is 0 Å². The molecule has 0 N–H and O–H groups in total. The molecule has 0 amide bonds. The molecule has 1 aliphatic rings. The third-order valence-electron chi connectivity index (χ3n) is 2.72. The standard InChI is InChI=1S/C11H21O3P/c12-15-14-9-7-5-3-1-2-4-6-8-11-10-13-11/h11H,1-10H2. The molecule has 88 valence electrons. The van der Waals surface area contributed by atoms with Gasteiger partial charge in [-0.25, -0.2) is 4.57 Å². The molecule has 1 atom stereocenters. The lowest BCUT2D eigenvalue weighted by Crippen LogP contribution is -1.87. The van der Waals surface area contributed by atoms with Crippen LogP contribution < -0.4 is 0 Å². The summed E-state index contributed by atoms with van der Waals surface area (Å²) in [6.07, 6.45) is 10.7. The van der Waals surface area contributed by atoms with Gasteiger partial charge in [-0.1, -0.05) is 38.5 Å². The molecule has 4 heteroatoms. The molecule has 1 saturated heterocycles. The summed E-state index contributed by atoms with van der Waals surface area (Å²) in [5.41, 5.74) is 0. The fraction of sp³-hybridized carbons (Fsp3) is 1.00. The van der Waals surface area contributed by atoms with Crippen molar-refractivity contribution in [2.24, 2.45) is 0 Å². The number of rotatable bonds is 11. The van der Waals surface area contributed by atoms with Crippen LogP contribution in [0.1, 0.15) is 51.4 Å². The minimum atomic E-state index is -0.183. The Hall–Kier alpha value is 0.0200. The Morgan fingerprint density at radius 1 is 1.07 bits per heavy atom. The maximum Gasteiger partial charge on any atom is 0.327 e. The van der Waals surface area contributed by atoms with Crippen molar-refractivity contribution in [3.63, 3.8) is 0 Å². The van der Waals surface area contributed by atoms with Crippen LogP contribution >= 0.6 is 8.69 Å². The highest BCUT2D eigenvalue weighted by atomic mass is 31.1. The van der Waals surface area contributed by atoms with Gasteiger partial charge in [0.1, 0.15) is 0 Å². The Balaban J connectivity index is 1.63. The van der Waals surface area contributed by atoms with E-state index in [2.05, 4.69) is 0 Å². The molecule has 0 aromatic heterocycles. The van der Waals surface area contributed by atoms with E-state index < -0.39 is 0 Å². The highest BCUT2D eigenvalue weighted by Gasteiger charge is 2.20. The van der Waals surface area contributed by atoms with Crippen LogP contribution in [0.2, 0.25) is 0 Å². The molecule has 0 aromatic rings. The van der Waals surface area contributed by atoms with Gasteiger partial charge in [0.2, 0.25) is 0 Å². The van der Waals surface area contributed by atoms with Gasteiger partial charge in [0.25, 0.3) is 0 Å². The maximum atomic E-state index is 9.94. The van der Waals surface area contributed by atoms with Crippen molar-refractivity contribution in [2.45, 2.75) is 57.5 Å². The first kappa shape index (κ1) is 13.1. The predicted molar refractivity (Wildman–Crippen MR) is 60.2 cm³/mol. The second-order valence-electron chi connectivity index (χ2n) is 4.13. The Morgan fingerprint density at radius 2 is 1.67 bits per heavy atom. The zero-order valence-electron chi connectivity index (χ0n) is 9.32. The summed E-state index contributed by atoms with van der Waals surface area (Å²) >= 11 is 0. The Morgan fingerprint density at radius 3 is 2.27 bits per heavy atom. The molecule has 3 nitrogen and oxygen atoms in total. The molecule has 0 aromatic carbocycles. The van der Waals surface area contributed by atoms with Crippen molar-refractivity contribution in [1.82, 2.24) is 0 Å². The van der Waals surface area contributed by atoms with Gasteiger partial charge in [-0.05, 0) is 12.8 Å². The number of epoxide rings is 1. The molecule has 1 aliphatic heterocycles. The van der Waals surface area contributed by atoms with E-state index in [-0.39, 0.29) is 8.69 Å². The van der Waals surface area contributed by atoms with Crippen LogP contribution in [0.5, 0.6) is 0 Å². The van der Waals surface area contributed by atoms with Crippen molar-refractivity contribution in [1.29, 1.82) is 0 Å². The first-order chi connectivity index (χ1) is 7.43. The molecule has 0 aliphatic carbocycles. The lowest BCUT2D eigenvalue weighted by molar-refractivity contribution is 0.327. The average molecular weight is 232 g/mol. The lowest BCUT2D eigenvalue weighted by Gasteiger charge is -2.00. The molecule has 1 unspecified atom stereocenters. The fourth-order valence-corrected chi connectivity index (χ4v) is 1.90. The summed E-state index contributed by atoms with van der Waals surface area (Å²) in [6.45, 7) is 1.63. The van der Waals surface area contributed by atoms with E-state index in [0.717, 1.165) is 13.0 Å². The Kier molecular flexibility index (Phi) is 8.08. The van der Waals surface area contributed by atoms with E-state index >= 15 is 0 Å². The Bertz CT molecular complexity index is 160. The third kappa shape index (κ3) is 8.98. The van der Waals surface area contributed by atoms with Crippen LogP contribution in [0.15, 0.2) is 0 Å². The van der Waals surface area contributed by atoms with E-state index in [9.17, 15) is 4.57 Å². The third-order valence-corrected chi connectivity index (χ3v) is 3.00. The monoisotopic (exact) mass is 232 g/mol. The first-order valence-corrected chi connectivity index (χ1v) is 6.72. The lowest BCUT2D eigenvalue weighted by atomic mass is 10.1. The van der Waals surface area contributed by atoms with Crippen molar-refractivity contribution < 1.29 is 13.8 Å². The van der Waals surface area contributed by atoms with E-state index in [1.54, 1.807) is 0 Å².